The van der Waals surface area contributed by atoms with Gasteiger partial charge in [-0.05, 0) is 36.4 Å². The normalized spacial score (nSPS) is 10.6. The van der Waals surface area contributed by atoms with Crippen molar-refractivity contribution in [2.24, 2.45) is 5.73 Å². The van der Waals surface area contributed by atoms with Crippen LogP contribution in [0, 0.1) is 0 Å². The second-order valence-electron chi connectivity index (χ2n) is 6.06. The molecule has 0 unspecified atom stereocenters. The molecule has 0 radical (unpaired) electrons. The van der Waals surface area contributed by atoms with Gasteiger partial charge in [-0.3, -0.25) is 9.59 Å². The third-order valence-corrected chi connectivity index (χ3v) is 4.38. The van der Waals surface area contributed by atoms with E-state index in [0.717, 1.165) is 4.57 Å². The number of nitrogens with one attached hydrogen (secondary N) is 1. The van der Waals surface area contributed by atoms with Crippen LogP contribution in [0.15, 0.2) is 42.5 Å². The molecule has 0 fully saturated rings. The van der Waals surface area contributed by atoms with Crippen molar-refractivity contribution in [1.29, 1.82) is 0 Å². The molecule has 0 spiro atoms. The lowest BCUT2D eigenvalue weighted by Crippen LogP contribution is -2.19. The molecule has 144 valence electrons. The molecule has 28 heavy (non-hydrogen) atoms. The largest absolute Gasteiger partial charge is 0.497 e. The van der Waals surface area contributed by atoms with E-state index in [9.17, 15) is 19.5 Å². The lowest BCUT2D eigenvalue weighted by atomic mass is 10.1. The Morgan fingerprint density at radius 1 is 1.14 bits per heavy atom. The molecule has 8 nitrogen and oxygen atoms in total. The number of hydrogen-bond acceptors (Lipinski definition) is 5. The first-order valence-corrected chi connectivity index (χ1v) is 8.53. The predicted octanol–water partition coefficient (Wildman–Crippen LogP) is 3.13. The molecule has 0 atom stereocenters. The summed E-state index contributed by atoms with van der Waals surface area (Å²) in [6, 6.07) is 10.1. The van der Waals surface area contributed by atoms with Gasteiger partial charge in [-0.1, -0.05) is 6.92 Å². The number of aromatic nitrogens is 1. The summed E-state index contributed by atoms with van der Waals surface area (Å²) in [7, 11) is 1.46. The van der Waals surface area contributed by atoms with E-state index in [0.29, 0.717) is 28.8 Å². The van der Waals surface area contributed by atoms with E-state index < -0.39 is 17.8 Å². The fourth-order valence-electron chi connectivity index (χ4n) is 2.97. The minimum Gasteiger partial charge on any atom is -0.497 e. The van der Waals surface area contributed by atoms with Gasteiger partial charge in [0.2, 0.25) is 5.88 Å². The number of nitrogens with zero attached hydrogens (tertiary/aromatic N) is 1. The van der Waals surface area contributed by atoms with Crippen molar-refractivity contribution >= 4 is 34.3 Å². The van der Waals surface area contributed by atoms with Crippen LogP contribution >= 0.6 is 0 Å². The van der Waals surface area contributed by atoms with Gasteiger partial charge in [0.15, 0.2) is 5.78 Å². The maximum Gasteiger partial charge on any atom is 0.326 e. The van der Waals surface area contributed by atoms with Crippen molar-refractivity contribution in [3.63, 3.8) is 0 Å². The number of carbonyl (C=O) groups is 3. The van der Waals surface area contributed by atoms with Crippen LogP contribution in [0.4, 0.5) is 10.5 Å². The number of nitrogens with two attached hydrogens (primary N) is 1. The number of anilines is 1. The Hall–Kier alpha value is -3.81. The Kier molecular flexibility index (Phi) is 5.04. The molecule has 0 aliphatic carbocycles. The summed E-state index contributed by atoms with van der Waals surface area (Å²) in [5, 5.41) is 13.4. The van der Waals surface area contributed by atoms with Crippen LogP contribution in [0.3, 0.4) is 0 Å². The van der Waals surface area contributed by atoms with Crippen LogP contribution in [-0.2, 0) is 0 Å². The Morgan fingerprint density at radius 3 is 2.39 bits per heavy atom. The van der Waals surface area contributed by atoms with Crippen LogP contribution in [0.25, 0.3) is 10.9 Å². The first-order chi connectivity index (χ1) is 13.4. The standard InChI is InChI=1S/C20H19N3O5/c1-3-16(24)11-4-6-12(7-5-11)22-18(25)17-14-9-8-13(28-2)10-15(14)23(19(17)26)20(21)27/h4-10,26H,3H2,1-2H3,(H2,21,27)(H,22,25). The van der Waals surface area contributed by atoms with E-state index in [4.69, 9.17) is 10.5 Å². The van der Waals surface area contributed by atoms with E-state index >= 15 is 0 Å². The van der Waals surface area contributed by atoms with Crippen LogP contribution in [0.2, 0.25) is 0 Å². The number of aromatic hydroxyl groups is 1. The summed E-state index contributed by atoms with van der Waals surface area (Å²) in [5.74, 6) is -0.752. The van der Waals surface area contributed by atoms with Crippen molar-refractivity contribution < 1.29 is 24.2 Å². The Balaban J connectivity index is 2.01. The summed E-state index contributed by atoms with van der Waals surface area (Å²) in [5.41, 5.74) is 6.49. The molecule has 1 heterocycles. The van der Waals surface area contributed by atoms with Crippen molar-refractivity contribution in [2.45, 2.75) is 13.3 Å². The number of benzene rings is 2. The molecule has 0 aliphatic rings. The van der Waals surface area contributed by atoms with Gasteiger partial charge in [0.25, 0.3) is 5.91 Å². The second-order valence-corrected chi connectivity index (χ2v) is 6.06. The van der Waals surface area contributed by atoms with Gasteiger partial charge in [0.05, 0.1) is 12.6 Å². The molecule has 0 saturated carbocycles. The highest BCUT2D eigenvalue weighted by molar-refractivity contribution is 6.17. The van der Waals surface area contributed by atoms with Crippen LogP contribution < -0.4 is 15.8 Å². The number of Topliss-reactive ketones (excluding diaryl/α,β-unsaturated/α-hetero) is 1. The number of ether oxygens (including phenoxy) is 1. The van der Waals surface area contributed by atoms with E-state index in [2.05, 4.69) is 5.32 Å². The van der Waals surface area contributed by atoms with Gasteiger partial charge in [-0.2, -0.15) is 0 Å². The first-order valence-electron chi connectivity index (χ1n) is 8.53. The van der Waals surface area contributed by atoms with E-state index in [-0.39, 0.29) is 16.9 Å². The number of methoxy groups -OCH3 is 1. The maximum atomic E-state index is 12.8. The third-order valence-electron chi connectivity index (χ3n) is 4.38. The molecule has 0 bridgehead atoms. The molecule has 3 aromatic rings. The Labute approximate surface area is 160 Å². The van der Waals surface area contributed by atoms with Gasteiger partial charge >= 0.3 is 6.03 Å². The third kappa shape index (κ3) is 3.27. The fraction of sp³-hybridized carbons (Fsp3) is 0.150. The molecule has 2 aromatic carbocycles. The highest BCUT2D eigenvalue weighted by Gasteiger charge is 2.25. The van der Waals surface area contributed by atoms with Gasteiger partial charge in [-0.25, -0.2) is 9.36 Å². The number of carbonyl (C=O) groups excluding carboxylic acids is 3. The van der Waals surface area contributed by atoms with Gasteiger partial charge in [0, 0.05) is 29.1 Å². The fourth-order valence-corrected chi connectivity index (χ4v) is 2.97. The number of hydrogen-bond donors (Lipinski definition) is 3. The summed E-state index contributed by atoms with van der Waals surface area (Å²) >= 11 is 0. The molecular weight excluding hydrogens is 362 g/mol. The van der Waals surface area contributed by atoms with Crippen LogP contribution in [0.1, 0.15) is 34.1 Å². The van der Waals surface area contributed by atoms with Crippen molar-refractivity contribution in [2.75, 3.05) is 12.4 Å². The monoisotopic (exact) mass is 381 g/mol. The SMILES string of the molecule is CCC(=O)c1ccc(NC(=O)c2c(O)n(C(N)=O)c3cc(OC)ccc23)cc1. The van der Waals surface area contributed by atoms with E-state index in [1.807, 2.05) is 0 Å². The average molecular weight is 381 g/mol. The number of ketones is 1. The van der Waals surface area contributed by atoms with Crippen LogP contribution in [0.5, 0.6) is 11.6 Å². The predicted molar refractivity (Wildman–Crippen MR) is 104 cm³/mol. The number of fused-ring (bicyclic) bond motifs is 1. The Morgan fingerprint density at radius 2 is 1.82 bits per heavy atom. The minimum absolute atomic E-state index is 0.00556. The molecular formula is C20H19N3O5. The molecule has 1 aromatic heterocycles. The first kappa shape index (κ1) is 19.0. The summed E-state index contributed by atoms with van der Waals surface area (Å²) in [4.78, 5) is 36.3. The Bertz CT molecular complexity index is 1080. The second kappa shape index (κ2) is 7.43. The average Bonchev–Trinajstić information content (AvgIpc) is 2.98. The molecule has 2 amide bonds. The smallest absolute Gasteiger partial charge is 0.326 e. The lowest BCUT2D eigenvalue weighted by molar-refractivity contribution is 0.0986. The van der Waals surface area contributed by atoms with Crippen molar-refractivity contribution in [3.05, 3.63) is 53.6 Å². The highest BCUT2D eigenvalue weighted by Crippen LogP contribution is 2.34. The van der Waals surface area contributed by atoms with Crippen molar-refractivity contribution in [1.82, 2.24) is 4.57 Å². The molecule has 0 aliphatic heterocycles. The van der Waals surface area contributed by atoms with E-state index in [1.165, 1.54) is 13.2 Å². The van der Waals surface area contributed by atoms with Gasteiger partial charge in [-0.15, -0.1) is 0 Å². The zero-order valence-corrected chi connectivity index (χ0v) is 15.4. The molecule has 8 heteroatoms. The van der Waals surface area contributed by atoms with Crippen LogP contribution in [-0.4, -0.2) is 34.5 Å². The van der Waals surface area contributed by atoms with Gasteiger partial charge < -0.3 is 20.9 Å². The van der Waals surface area contributed by atoms with Gasteiger partial charge in [0.1, 0.15) is 11.3 Å². The molecule has 3 rings (SSSR count). The van der Waals surface area contributed by atoms with Crippen molar-refractivity contribution in [3.8, 4) is 11.6 Å². The quantitative estimate of drug-likeness (QED) is 0.586. The highest BCUT2D eigenvalue weighted by atomic mass is 16.5. The zero-order valence-electron chi connectivity index (χ0n) is 15.4. The summed E-state index contributed by atoms with van der Waals surface area (Å²) < 4.78 is 5.97. The minimum atomic E-state index is -0.933. The summed E-state index contributed by atoms with van der Waals surface area (Å²) in [6.07, 6.45) is 0.385. The zero-order chi connectivity index (χ0) is 20.4. The molecule has 4 N–H and O–H groups in total. The molecule has 0 saturated heterocycles. The maximum absolute atomic E-state index is 12.8. The topological polar surface area (TPSA) is 124 Å². The van der Waals surface area contributed by atoms with E-state index in [1.54, 1.807) is 43.3 Å². The number of primary amides is 1. The number of amides is 2. The summed E-state index contributed by atoms with van der Waals surface area (Å²) in [6.45, 7) is 1.77. The number of rotatable bonds is 5. The lowest BCUT2D eigenvalue weighted by Gasteiger charge is -2.06.